The van der Waals surface area contributed by atoms with E-state index in [-0.39, 0.29) is 6.42 Å². The molecule has 0 saturated carbocycles. The van der Waals surface area contributed by atoms with Crippen LogP contribution in [0.15, 0.2) is 6.20 Å². The zero-order valence-electron chi connectivity index (χ0n) is 10.8. The van der Waals surface area contributed by atoms with Gasteiger partial charge in [0.05, 0.1) is 11.4 Å². The van der Waals surface area contributed by atoms with Crippen molar-refractivity contribution in [3.8, 4) is 0 Å². The second kappa shape index (κ2) is 6.29. The van der Waals surface area contributed by atoms with Crippen LogP contribution in [0.1, 0.15) is 35.6 Å². The summed E-state index contributed by atoms with van der Waals surface area (Å²) in [6, 6.07) is 0.609. The molecule has 1 saturated heterocycles. The van der Waals surface area contributed by atoms with Crippen LogP contribution in [0.4, 0.5) is 0 Å². The number of likely N-dealkylation sites (N-methyl/N-ethyl adjacent to an activating group) is 1. The lowest BCUT2D eigenvalue weighted by Gasteiger charge is -2.31. The first kappa shape index (κ1) is 13.5. The van der Waals surface area contributed by atoms with E-state index in [0.29, 0.717) is 12.5 Å². The highest BCUT2D eigenvalue weighted by molar-refractivity contribution is 7.11. The molecular weight excluding hydrogens is 248 g/mol. The van der Waals surface area contributed by atoms with Crippen LogP contribution in [-0.2, 0) is 17.6 Å². The lowest BCUT2D eigenvalue weighted by atomic mass is 10.0. The van der Waals surface area contributed by atoms with Crippen molar-refractivity contribution < 1.29 is 9.90 Å². The van der Waals surface area contributed by atoms with E-state index >= 15 is 0 Å². The first-order valence-electron chi connectivity index (χ1n) is 6.51. The van der Waals surface area contributed by atoms with Crippen molar-refractivity contribution in [2.45, 2.75) is 44.6 Å². The van der Waals surface area contributed by atoms with Gasteiger partial charge in [-0.2, -0.15) is 0 Å². The minimum atomic E-state index is -0.739. The Morgan fingerprint density at radius 3 is 3.17 bits per heavy atom. The molecule has 18 heavy (non-hydrogen) atoms. The molecule has 1 aliphatic rings. The molecule has 5 heteroatoms. The van der Waals surface area contributed by atoms with Crippen molar-refractivity contribution in [3.63, 3.8) is 0 Å². The number of aliphatic carboxylic acids is 1. The Labute approximate surface area is 112 Å². The summed E-state index contributed by atoms with van der Waals surface area (Å²) in [7, 11) is 2.18. The predicted molar refractivity (Wildman–Crippen MR) is 72.0 cm³/mol. The van der Waals surface area contributed by atoms with Crippen molar-refractivity contribution >= 4 is 17.3 Å². The minimum Gasteiger partial charge on any atom is -0.481 e. The maximum Gasteiger partial charge on any atom is 0.303 e. The number of rotatable bonds is 5. The number of nitrogens with zero attached hydrogens (tertiary/aromatic N) is 2. The Balaban J connectivity index is 1.87. The van der Waals surface area contributed by atoms with E-state index < -0.39 is 5.97 Å². The zero-order chi connectivity index (χ0) is 13.0. The average molecular weight is 268 g/mol. The van der Waals surface area contributed by atoms with Gasteiger partial charge in [0.1, 0.15) is 0 Å². The summed E-state index contributed by atoms with van der Waals surface area (Å²) in [4.78, 5) is 18.4. The molecule has 0 bridgehead atoms. The van der Waals surface area contributed by atoms with Crippen LogP contribution in [0.3, 0.4) is 0 Å². The van der Waals surface area contributed by atoms with Crippen molar-refractivity contribution in [1.29, 1.82) is 0 Å². The van der Waals surface area contributed by atoms with Gasteiger partial charge < -0.3 is 10.0 Å². The van der Waals surface area contributed by atoms with Gasteiger partial charge in [-0.25, -0.2) is 4.98 Å². The smallest absolute Gasteiger partial charge is 0.303 e. The molecular formula is C13H20N2O2S. The van der Waals surface area contributed by atoms with Gasteiger partial charge in [0.25, 0.3) is 0 Å². The molecule has 0 amide bonds. The van der Waals surface area contributed by atoms with Gasteiger partial charge in [-0.1, -0.05) is 6.42 Å². The summed E-state index contributed by atoms with van der Waals surface area (Å²) in [6.07, 6.45) is 7.51. The van der Waals surface area contributed by atoms with Crippen LogP contribution in [0, 0.1) is 0 Å². The van der Waals surface area contributed by atoms with E-state index in [1.807, 2.05) is 6.20 Å². The molecule has 1 aromatic rings. The third kappa shape index (κ3) is 3.78. The topological polar surface area (TPSA) is 53.4 Å². The molecule has 1 atom stereocenters. The van der Waals surface area contributed by atoms with E-state index in [9.17, 15) is 4.79 Å². The fourth-order valence-electron chi connectivity index (χ4n) is 2.39. The summed E-state index contributed by atoms with van der Waals surface area (Å²) >= 11 is 1.67. The van der Waals surface area contributed by atoms with Crippen molar-refractivity contribution in [3.05, 3.63) is 16.1 Å². The van der Waals surface area contributed by atoms with E-state index in [4.69, 9.17) is 5.11 Å². The Kier molecular flexibility index (Phi) is 4.72. The minimum absolute atomic E-state index is 0.199. The summed E-state index contributed by atoms with van der Waals surface area (Å²) in [5, 5.41) is 9.80. The Morgan fingerprint density at radius 1 is 1.61 bits per heavy atom. The highest BCUT2D eigenvalue weighted by Crippen LogP contribution is 2.22. The van der Waals surface area contributed by atoms with Gasteiger partial charge in [0, 0.05) is 23.5 Å². The lowest BCUT2D eigenvalue weighted by Crippen LogP contribution is -2.37. The van der Waals surface area contributed by atoms with Gasteiger partial charge in [0.2, 0.25) is 0 Å². The summed E-state index contributed by atoms with van der Waals surface area (Å²) in [6.45, 7) is 1.18. The number of hydrogen-bond donors (Lipinski definition) is 1. The monoisotopic (exact) mass is 268 g/mol. The van der Waals surface area contributed by atoms with Crippen LogP contribution in [-0.4, -0.2) is 40.6 Å². The number of carboxylic acids is 1. The van der Waals surface area contributed by atoms with E-state index in [0.717, 1.165) is 16.3 Å². The van der Waals surface area contributed by atoms with E-state index in [1.54, 1.807) is 11.3 Å². The van der Waals surface area contributed by atoms with Gasteiger partial charge in [-0.3, -0.25) is 4.79 Å². The highest BCUT2D eigenvalue weighted by atomic mass is 32.1. The number of aromatic nitrogens is 1. The van der Waals surface area contributed by atoms with Gasteiger partial charge in [-0.05, 0) is 32.9 Å². The standard InChI is InChI=1S/C13H20N2O2S/c1-15-7-3-2-4-10(15)8-12-14-9-11(18-12)5-6-13(16)17/h9-10H,2-8H2,1H3,(H,16,17). The van der Waals surface area contributed by atoms with Crippen molar-refractivity contribution in [1.82, 2.24) is 9.88 Å². The maximum atomic E-state index is 10.5. The molecule has 0 spiro atoms. The van der Waals surface area contributed by atoms with Crippen LogP contribution < -0.4 is 0 Å². The van der Waals surface area contributed by atoms with Crippen molar-refractivity contribution in [2.75, 3.05) is 13.6 Å². The van der Waals surface area contributed by atoms with Crippen LogP contribution in [0.2, 0.25) is 0 Å². The van der Waals surface area contributed by atoms with Crippen LogP contribution >= 0.6 is 11.3 Å². The molecule has 1 aromatic heterocycles. The molecule has 0 aliphatic carbocycles. The third-order valence-electron chi connectivity index (χ3n) is 3.52. The summed E-state index contributed by atoms with van der Waals surface area (Å²) in [5.74, 6) is -0.739. The summed E-state index contributed by atoms with van der Waals surface area (Å²) < 4.78 is 0. The van der Waals surface area contributed by atoms with Crippen LogP contribution in [0.5, 0.6) is 0 Å². The molecule has 1 fully saturated rings. The number of hydrogen-bond acceptors (Lipinski definition) is 4. The lowest BCUT2D eigenvalue weighted by molar-refractivity contribution is -0.136. The number of aryl methyl sites for hydroxylation is 1. The number of piperidine rings is 1. The Morgan fingerprint density at radius 2 is 2.44 bits per heavy atom. The second-order valence-electron chi connectivity index (χ2n) is 4.95. The molecule has 1 N–H and O–H groups in total. The first-order chi connectivity index (χ1) is 8.65. The largest absolute Gasteiger partial charge is 0.481 e. The van der Waals surface area contributed by atoms with Gasteiger partial charge >= 0.3 is 5.97 Å². The normalized spacial score (nSPS) is 21.1. The fourth-order valence-corrected chi connectivity index (χ4v) is 3.39. The molecule has 0 aromatic carbocycles. The molecule has 2 rings (SSSR count). The molecule has 0 radical (unpaired) electrons. The molecule has 1 unspecified atom stereocenters. The average Bonchev–Trinajstić information content (AvgIpc) is 2.77. The highest BCUT2D eigenvalue weighted by Gasteiger charge is 2.20. The van der Waals surface area contributed by atoms with E-state index in [2.05, 4.69) is 16.9 Å². The molecule has 100 valence electrons. The Bertz CT molecular complexity index is 405. The summed E-state index contributed by atoms with van der Waals surface area (Å²) in [5.41, 5.74) is 0. The SMILES string of the molecule is CN1CCCCC1Cc1ncc(CCC(=O)O)s1. The maximum absolute atomic E-state index is 10.5. The number of carbonyl (C=O) groups is 1. The van der Waals surface area contributed by atoms with E-state index in [1.165, 1.54) is 25.8 Å². The zero-order valence-corrected chi connectivity index (χ0v) is 11.6. The third-order valence-corrected chi connectivity index (χ3v) is 4.60. The van der Waals surface area contributed by atoms with Gasteiger partial charge in [-0.15, -0.1) is 11.3 Å². The van der Waals surface area contributed by atoms with Gasteiger partial charge in [0.15, 0.2) is 0 Å². The second-order valence-corrected chi connectivity index (χ2v) is 6.15. The predicted octanol–water partition coefficient (Wildman–Crippen LogP) is 2.19. The first-order valence-corrected chi connectivity index (χ1v) is 7.32. The molecule has 1 aliphatic heterocycles. The molecule has 2 heterocycles. The van der Waals surface area contributed by atoms with Crippen LogP contribution in [0.25, 0.3) is 0 Å². The fraction of sp³-hybridized carbons (Fsp3) is 0.692. The number of carboxylic acid groups (broad SMARTS) is 1. The number of thiazole rings is 1. The number of likely N-dealkylation sites (tertiary alicyclic amines) is 1. The Hall–Kier alpha value is -0.940. The molecule has 4 nitrogen and oxygen atoms in total. The quantitative estimate of drug-likeness (QED) is 0.889. The van der Waals surface area contributed by atoms with Crippen molar-refractivity contribution in [2.24, 2.45) is 0 Å².